The maximum Gasteiger partial charge on any atom is 0.218 e. The highest BCUT2D eigenvalue weighted by atomic mass is 32.2. The SMILES string of the molecule is CC(C)[S@](=O)c1ccccc1C1=NC(c2ccccc2)CO1. The van der Waals surface area contributed by atoms with Crippen molar-refractivity contribution in [1.29, 1.82) is 0 Å². The molecule has 0 N–H and O–H groups in total. The van der Waals surface area contributed by atoms with Crippen LogP contribution in [0.3, 0.4) is 0 Å². The molecule has 4 heteroatoms. The fraction of sp³-hybridized carbons (Fsp3) is 0.278. The number of nitrogens with zero attached hydrogens (tertiary/aromatic N) is 1. The van der Waals surface area contributed by atoms with E-state index in [-0.39, 0.29) is 11.3 Å². The molecule has 0 bridgehead atoms. The minimum absolute atomic E-state index is 0.0109. The van der Waals surface area contributed by atoms with E-state index in [0.717, 1.165) is 16.0 Å². The minimum atomic E-state index is -1.06. The number of benzene rings is 2. The van der Waals surface area contributed by atoms with Gasteiger partial charge in [0, 0.05) is 5.25 Å². The van der Waals surface area contributed by atoms with Gasteiger partial charge in [-0.1, -0.05) is 56.3 Å². The molecule has 0 saturated carbocycles. The molecular formula is C18H19NO2S. The van der Waals surface area contributed by atoms with Crippen molar-refractivity contribution in [2.45, 2.75) is 30.0 Å². The second kappa shape index (κ2) is 6.44. The molecule has 3 rings (SSSR count). The first kappa shape index (κ1) is 15.0. The Morgan fingerprint density at radius 1 is 1.09 bits per heavy atom. The summed E-state index contributed by atoms with van der Waals surface area (Å²) >= 11 is 0. The van der Waals surface area contributed by atoms with E-state index in [1.807, 2.05) is 56.3 Å². The molecule has 0 aliphatic carbocycles. The number of hydrogen-bond acceptors (Lipinski definition) is 3. The predicted molar refractivity (Wildman–Crippen MR) is 89.7 cm³/mol. The molecule has 3 nitrogen and oxygen atoms in total. The van der Waals surface area contributed by atoms with Crippen molar-refractivity contribution in [3.8, 4) is 0 Å². The molecule has 1 heterocycles. The molecule has 1 aliphatic heterocycles. The third-order valence-corrected chi connectivity index (χ3v) is 5.24. The molecular weight excluding hydrogens is 294 g/mol. The Labute approximate surface area is 133 Å². The van der Waals surface area contributed by atoms with Crippen molar-refractivity contribution in [3.05, 3.63) is 65.7 Å². The largest absolute Gasteiger partial charge is 0.475 e. The van der Waals surface area contributed by atoms with Crippen LogP contribution < -0.4 is 0 Å². The topological polar surface area (TPSA) is 38.7 Å². The smallest absolute Gasteiger partial charge is 0.218 e. The van der Waals surface area contributed by atoms with Crippen LogP contribution in [-0.4, -0.2) is 22.0 Å². The van der Waals surface area contributed by atoms with Gasteiger partial charge in [0.15, 0.2) is 0 Å². The monoisotopic (exact) mass is 313 g/mol. The van der Waals surface area contributed by atoms with Gasteiger partial charge >= 0.3 is 0 Å². The van der Waals surface area contributed by atoms with E-state index in [2.05, 4.69) is 12.1 Å². The van der Waals surface area contributed by atoms with Gasteiger partial charge in [0.1, 0.15) is 12.6 Å². The third-order valence-electron chi connectivity index (χ3n) is 3.60. The summed E-state index contributed by atoms with van der Waals surface area (Å²) in [6.07, 6.45) is 0. The van der Waals surface area contributed by atoms with Crippen LogP contribution in [0.1, 0.15) is 31.0 Å². The summed E-state index contributed by atoms with van der Waals surface area (Å²) in [5.41, 5.74) is 1.98. The minimum Gasteiger partial charge on any atom is -0.475 e. The van der Waals surface area contributed by atoms with E-state index in [1.54, 1.807) is 0 Å². The molecule has 0 spiro atoms. The van der Waals surface area contributed by atoms with E-state index in [4.69, 9.17) is 9.73 Å². The Bertz CT molecular complexity index is 710. The summed E-state index contributed by atoms with van der Waals surface area (Å²) in [4.78, 5) is 5.49. The average molecular weight is 313 g/mol. The molecule has 0 fully saturated rings. The summed E-state index contributed by atoms with van der Waals surface area (Å²) in [6.45, 7) is 4.44. The van der Waals surface area contributed by atoms with Crippen LogP contribution in [0.25, 0.3) is 0 Å². The quantitative estimate of drug-likeness (QED) is 0.863. The first-order valence-corrected chi connectivity index (χ1v) is 8.63. The van der Waals surface area contributed by atoms with E-state index in [9.17, 15) is 4.21 Å². The molecule has 0 aromatic heterocycles. The zero-order valence-electron chi connectivity index (χ0n) is 12.7. The lowest BCUT2D eigenvalue weighted by Crippen LogP contribution is -2.12. The van der Waals surface area contributed by atoms with Crippen molar-refractivity contribution in [3.63, 3.8) is 0 Å². The summed E-state index contributed by atoms with van der Waals surface area (Å²) in [7, 11) is -1.06. The second-order valence-electron chi connectivity index (χ2n) is 5.51. The number of rotatable bonds is 4. The second-order valence-corrected chi connectivity index (χ2v) is 7.49. The van der Waals surface area contributed by atoms with Gasteiger partial charge in [0.2, 0.25) is 5.90 Å². The summed E-state index contributed by atoms with van der Waals surface area (Å²) < 4.78 is 18.3. The maximum atomic E-state index is 12.5. The van der Waals surface area contributed by atoms with Crippen molar-refractivity contribution in [1.82, 2.24) is 0 Å². The Morgan fingerprint density at radius 3 is 2.50 bits per heavy atom. The van der Waals surface area contributed by atoms with Crippen LogP contribution in [0.2, 0.25) is 0 Å². The lowest BCUT2D eigenvalue weighted by atomic mass is 10.1. The molecule has 22 heavy (non-hydrogen) atoms. The van der Waals surface area contributed by atoms with Gasteiger partial charge in [-0.25, -0.2) is 4.99 Å². The van der Waals surface area contributed by atoms with Gasteiger partial charge in [0.25, 0.3) is 0 Å². The van der Waals surface area contributed by atoms with E-state index in [1.165, 1.54) is 0 Å². The summed E-state index contributed by atoms with van der Waals surface area (Å²) in [6, 6.07) is 17.8. The van der Waals surface area contributed by atoms with Gasteiger partial charge < -0.3 is 4.74 Å². The molecule has 1 aliphatic rings. The first-order valence-electron chi connectivity index (χ1n) is 7.42. The number of ether oxygens (including phenoxy) is 1. The van der Waals surface area contributed by atoms with Crippen LogP contribution in [0, 0.1) is 0 Å². The Hall–Kier alpha value is -1.94. The number of aliphatic imine (C=N–C) groups is 1. The highest BCUT2D eigenvalue weighted by Gasteiger charge is 2.25. The third kappa shape index (κ3) is 2.97. The average Bonchev–Trinajstić information content (AvgIpc) is 3.05. The van der Waals surface area contributed by atoms with Crippen LogP contribution in [0.5, 0.6) is 0 Å². The molecule has 2 aromatic carbocycles. The molecule has 0 radical (unpaired) electrons. The highest BCUT2D eigenvalue weighted by Crippen LogP contribution is 2.27. The fourth-order valence-electron chi connectivity index (χ4n) is 2.44. The molecule has 0 amide bonds. The molecule has 1 unspecified atom stereocenters. The standard InChI is InChI=1S/C18H19NO2S/c1-13(2)22(20)17-11-7-6-10-15(17)18-19-16(12-21-18)14-8-4-3-5-9-14/h3-11,13,16H,12H2,1-2H3/t16?,22-/m0/s1. The number of hydrogen-bond donors (Lipinski definition) is 0. The maximum absolute atomic E-state index is 12.5. The summed E-state index contributed by atoms with van der Waals surface area (Å²) in [5, 5.41) is 0.0630. The van der Waals surface area contributed by atoms with Gasteiger partial charge in [-0.2, -0.15) is 0 Å². The lowest BCUT2D eigenvalue weighted by Gasteiger charge is -2.10. The molecule has 0 saturated heterocycles. The van der Waals surface area contributed by atoms with Crippen molar-refractivity contribution < 1.29 is 8.95 Å². The van der Waals surface area contributed by atoms with Gasteiger partial charge in [-0.05, 0) is 17.7 Å². The molecule has 2 atom stereocenters. The van der Waals surface area contributed by atoms with Gasteiger partial charge in [0.05, 0.1) is 21.3 Å². The Balaban J connectivity index is 1.94. The Kier molecular flexibility index (Phi) is 4.39. The summed E-state index contributed by atoms with van der Waals surface area (Å²) in [5.74, 6) is 0.596. The fourth-order valence-corrected chi connectivity index (χ4v) is 3.53. The van der Waals surface area contributed by atoms with Crippen LogP contribution in [-0.2, 0) is 15.5 Å². The first-order chi connectivity index (χ1) is 10.7. The zero-order chi connectivity index (χ0) is 15.5. The van der Waals surface area contributed by atoms with Crippen molar-refractivity contribution in [2.24, 2.45) is 4.99 Å². The zero-order valence-corrected chi connectivity index (χ0v) is 13.5. The highest BCUT2D eigenvalue weighted by molar-refractivity contribution is 7.85. The van der Waals surface area contributed by atoms with Crippen LogP contribution in [0.15, 0.2) is 64.5 Å². The lowest BCUT2D eigenvalue weighted by molar-refractivity contribution is 0.319. The Morgan fingerprint density at radius 2 is 1.77 bits per heavy atom. The molecule has 114 valence electrons. The van der Waals surface area contributed by atoms with Gasteiger partial charge in [-0.15, -0.1) is 0 Å². The van der Waals surface area contributed by atoms with E-state index < -0.39 is 10.8 Å². The molecule has 2 aromatic rings. The van der Waals surface area contributed by atoms with E-state index in [0.29, 0.717) is 12.5 Å². The van der Waals surface area contributed by atoms with Crippen LogP contribution >= 0.6 is 0 Å². The van der Waals surface area contributed by atoms with Crippen LogP contribution in [0.4, 0.5) is 0 Å². The van der Waals surface area contributed by atoms with E-state index >= 15 is 0 Å². The normalized spacial score (nSPS) is 18.9. The van der Waals surface area contributed by atoms with Crippen molar-refractivity contribution >= 4 is 16.7 Å². The van der Waals surface area contributed by atoms with Gasteiger partial charge in [-0.3, -0.25) is 4.21 Å². The predicted octanol–water partition coefficient (Wildman–Crippen LogP) is 3.72. The van der Waals surface area contributed by atoms with Crippen molar-refractivity contribution in [2.75, 3.05) is 6.61 Å².